The summed E-state index contributed by atoms with van der Waals surface area (Å²) in [5, 5.41) is 48.9. The van der Waals surface area contributed by atoms with Crippen molar-refractivity contribution in [3.05, 3.63) is 34.5 Å². The van der Waals surface area contributed by atoms with E-state index in [-0.39, 0.29) is 33.8 Å². The molecule has 1 aromatic heterocycles. The van der Waals surface area contributed by atoms with E-state index in [9.17, 15) is 30.3 Å². The molecular formula is C16H12O8. The zero-order chi connectivity index (χ0) is 17.6. The molecule has 0 aliphatic rings. The average molecular weight is 332 g/mol. The summed E-state index contributed by atoms with van der Waals surface area (Å²) < 4.78 is 10.2. The highest BCUT2D eigenvalue weighted by molar-refractivity contribution is 5.88. The molecule has 3 rings (SSSR count). The lowest BCUT2D eigenvalue weighted by molar-refractivity contribution is 0.368. The van der Waals surface area contributed by atoms with Crippen molar-refractivity contribution in [3.63, 3.8) is 0 Å². The number of benzene rings is 2. The third-order valence-electron chi connectivity index (χ3n) is 3.48. The SMILES string of the molecule is COc1cc(O)c(-c2oc3cc(O)cc(O)c3c(=O)c2O)cc1O. The third-order valence-corrected chi connectivity index (χ3v) is 3.48. The van der Waals surface area contributed by atoms with Gasteiger partial charge in [0.05, 0.1) is 12.7 Å². The fourth-order valence-corrected chi connectivity index (χ4v) is 2.36. The van der Waals surface area contributed by atoms with Crippen LogP contribution in [0.15, 0.2) is 33.5 Å². The Balaban J connectivity index is 2.38. The summed E-state index contributed by atoms with van der Waals surface area (Å²) in [6.07, 6.45) is 0. The van der Waals surface area contributed by atoms with Crippen LogP contribution in [0.2, 0.25) is 0 Å². The van der Waals surface area contributed by atoms with Crippen molar-refractivity contribution in [2.24, 2.45) is 0 Å². The Kier molecular flexibility index (Phi) is 3.37. The molecule has 0 unspecified atom stereocenters. The number of phenols is 4. The molecule has 8 heteroatoms. The van der Waals surface area contributed by atoms with E-state index in [2.05, 4.69) is 0 Å². The molecule has 24 heavy (non-hydrogen) atoms. The zero-order valence-electron chi connectivity index (χ0n) is 12.3. The predicted molar refractivity (Wildman–Crippen MR) is 82.8 cm³/mol. The molecule has 0 fully saturated rings. The minimum absolute atomic E-state index is 0.0193. The van der Waals surface area contributed by atoms with E-state index < -0.39 is 28.4 Å². The van der Waals surface area contributed by atoms with Crippen molar-refractivity contribution in [3.8, 4) is 45.8 Å². The van der Waals surface area contributed by atoms with Crippen LogP contribution in [0.3, 0.4) is 0 Å². The summed E-state index contributed by atoms with van der Waals surface area (Å²) in [4.78, 5) is 12.3. The molecule has 0 radical (unpaired) electrons. The molecule has 3 aromatic rings. The molecule has 1 heterocycles. The number of methoxy groups -OCH3 is 1. The predicted octanol–water partition coefficient (Wildman–Crippen LogP) is 2.00. The Morgan fingerprint density at radius 1 is 0.917 bits per heavy atom. The molecular weight excluding hydrogens is 320 g/mol. The molecule has 0 spiro atoms. The van der Waals surface area contributed by atoms with Crippen LogP contribution in [-0.4, -0.2) is 32.6 Å². The van der Waals surface area contributed by atoms with Gasteiger partial charge in [-0.25, -0.2) is 0 Å². The van der Waals surface area contributed by atoms with E-state index in [1.54, 1.807) is 0 Å². The normalized spacial score (nSPS) is 10.9. The molecule has 124 valence electrons. The van der Waals surface area contributed by atoms with Crippen LogP contribution >= 0.6 is 0 Å². The fraction of sp³-hybridized carbons (Fsp3) is 0.0625. The average Bonchev–Trinajstić information content (AvgIpc) is 2.52. The van der Waals surface area contributed by atoms with E-state index in [1.807, 2.05) is 0 Å². The summed E-state index contributed by atoms with van der Waals surface area (Å²) >= 11 is 0. The Labute approximate surface area is 134 Å². The topological polar surface area (TPSA) is 141 Å². The van der Waals surface area contributed by atoms with Crippen LogP contribution in [0.25, 0.3) is 22.3 Å². The van der Waals surface area contributed by atoms with Gasteiger partial charge in [-0.15, -0.1) is 0 Å². The van der Waals surface area contributed by atoms with Gasteiger partial charge in [-0.05, 0) is 6.07 Å². The first-order valence-electron chi connectivity index (χ1n) is 6.65. The minimum atomic E-state index is -0.960. The van der Waals surface area contributed by atoms with Crippen molar-refractivity contribution in [2.75, 3.05) is 7.11 Å². The Bertz CT molecular complexity index is 1020. The highest BCUT2D eigenvalue weighted by Gasteiger charge is 2.22. The molecule has 0 aliphatic heterocycles. The first-order valence-corrected chi connectivity index (χ1v) is 6.65. The van der Waals surface area contributed by atoms with Gasteiger partial charge in [-0.1, -0.05) is 0 Å². The van der Waals surface area contributed by atoms with Crippen LogP contribution in [0.4, 0.5) is 0 Å². The number of hydrogen-bond donors (Lipinski definition) is 5. The largest absolute Gasteiger partial charge is 0.508 e. The summed E-state index contributed by atoms with van der Waals surface area (Å²) in [5.41, 5.74) is -1.34. The van der Waals surface area contributed by atoms with Crippen LogP contribution in [-0.2, 0) is 0 Å². The maximum Gasteiger partial charge on any atom is 0.238 e. The van der Waals surface area contributed by atoms with Crippen molar-refractivity contribution in [1.29, 1.82) is 0 Å². The number of hydrogen-bond acceptors (Lipinski definition) is 8. The molecule has 2 aromatic carbocycles. The number of aromatic hydroxyl groups is 5. The third kappa shape index (κ3) is 2.21. The molecule has 0 aliphatic carbocycles. The van der Waals surface area contributed by atoms with Crippen LogP contribution < -0.4 is 10.2 Å². The number of ether oxygens (including phenoxy) is 1. The molecule has 8 nitrogen and oxygen atoms in total. The monoisotopic (exact) mass is 332 g/mol. The van der Waals surface area contributed by atoms with E-state index in [1.165, 1.54) is 7.11 Å². The van der Waals surface area contributed by atoms with Crippen molar-refractivity contribution >= 4 is 11.0 Å². The van der Waals surface area contributed by atoms with Gasteiger partial charge in [-0.3, -0.25) is 4.79 Å². The first-order chi connectivity index (χ1) is 11.3. The maximum absolute atomic E-state index is 12.3. The standard InChI is InChI=1S/C16H12O8/c1-23-11-5-8(18)7(4-9(11)19)16-15(22)14(21)13-10(20)2-6(17)3-12(13)24-16/h2-5,17-20,22H,1H3. The Morgan fingerprint density at radius 3 is 2.29 bits per heavy atom. The van der Waals surface area contributed by atoms with Gasteiger partial charge in [0.25, 0.3) is 0 Å². The Morgan fingerprint density at radius 2 is 1.62 bits per heavy atom. The van der Waals surface area contributed by atoms with Crippen molar-refractivity contribution in [1.82, 2.24) is 0 Å². The van der Waals surface area contributed by atoms with Crippen molar-refractivity contribution in [2.45, 2.75) is 0 Å². The molecule has 0 atom stereocenters. The second kappa shape index (κ2) is 5.27. The van der Waals surface area contributed by atoms with Gasteiger partial charge >= 0.3 is 0 Å². The van der Waals surface area contributed by atoms with E-state index >= 15 is 0 Å². The lowest BCUT2D eigenvalue weighted by atomic mass is 10.1. The lowest BCUT2D eigenvalue weighted by Crippen LogP contribution is -2.03. The van der Waals surface area contributed by atoms with Gasteiger partial charge in [0.2, 0.25) is 11.2 Å². The zero-order valence-corrected chi connectivity index (χ0v) is 12.3. The summed E-state index contributed by atoms with van der Waals surface area (Å²) in [6, 6.07) is 4.11. The summed E-state index contributed by atoms with van der Waals surface area (Å²) in [5.74, 6) is -3.03. The number of fused-ring (bicyclic) bond motifs is 1. The van der Waals surface area contributed by atoms with Crippen LogP contribution in [0.1, 0.15) is 0 Å². The second-order valence-corrected chi connectivity index (χ2v) is 4.99. The van der Waals surface area contributed by atoms with Gasteiger partial charge < -0.3 is 34.7 Å². The van der Waals surface area contributed by atoms with Gasteiger partial charge in [0, 0.05) is 18.2 Å². The summed E-state index contributed by atoms with van der Waals surface area (Å²) in [7, 11) is 1.29. The summed E-state index contributed by atoms with van der Waals surface area (Å²) in [6.45, 7) is 0. The van der Waals surface area contributed by atoms with E-state index in [4.69, 9.17) is 9.15 Å². The molecule has 0 amide bonds. The van der Waals surface area contributed by atoms with Crippen LogP contribution in [0, 0.1) is 0 Å². The van der Waals surface area contributed by atoms with Crippen LogP contribution in [0.5, 0.6) is 34.5 Å². The highest BCUT2D eigenvalue weighted by Crippen LogP contribution is 2.42. The molecule has 0 saturated carbocycles. The maximum atomic E-state index is 12.3. The van der Waals surface area contributed by atoms with E-state index in [0.717, 1.165) is 24.3 Å². The highest BCUT2D eigenvalue weighted by atomic mass is 16.5. The van der Waals surface area contributed by atoms with Gasteiger partial charge in [0.15, 0.2) is 17.3 Å². The van der Waals surface area contributed by atoms with Gasteiger partial charge in [-0.2, -0.15) is 0 Å². The first kappa shape index (κ1) is 15.3. The van der Waals surface area contributed by atoms with E-state index in [0.29, 0.717) is 0 Å². The second-order valence-electron chi connectivity index (χ2n) is 4.99. The molecule has 0 bridgehead atoms. The Hall–Kier alpha value is -3.55. The lowest BCUT2D eigenvalue weighted by Gasteiger charge is -2.11. The number of phenolic OH excluding ortho intramolecular Hbond substituents is 4. The van der Waals surface area contributed by atoms with Gasteiger partial charge in [0.1, 0.15) is 28.2 Å². The fourth-order valence-electron chi connectivity index (χ4n) is 2.36. The molecule has 5 N–H and O–H groups in total. The number of rotatable bonds is 2. The quantitative estimate of drug-likeness (QED) is 0.449. The minimum Gasteiger partial charge on any atom is -0.508 e. The smallest absolute Gasteiger partial charge is 0.238 e. The molecule has 0 saturated heterocycles. The van der Waals surface area contributed by atoms with Crippen molar-refractivity contribution < 1.29 is 34.7 Å².